The maximum Gasteiger partial charge on any atom is 0.260 e. The Morgan fingerprint density at radius 3 is 2.74 bits per heavy atom. The number of benzene rings is 2. The highest BCUT2D eigenvalue weighted by Gasteiger charge is 2.22. The lowest BCUT2D eigenvalue weighted by Gasteiger charge is -2.20. The van der Waals surface area contributed by atoms with Crippen LogP contribution in [-0.4, -0.2) is 41.2 Å². The number of ether oxygens (including phenoxy) is 2. The molecular formula is C22H21FN4O3S. The molecule has 9 heteroatoms. The monoisotopic (exact) mass is 440 g/mol. The molecule has 1 amide bonds. The summed E-state index contributed by atoms with van der Waals surface area (Å²) in [6.45, 7) is 1.14. The minimum absolute atomic E-state index is 0.217. The number of rotatable bonds is 8. The topological polar surface area (TPSA) is 69.5 Å². The van der Waals surface area contributed by atoms with Crippen LogP contribution in [0.4, 0.5) is 9.52 Å². The van der Waals surface area contributed by atoms with Crippen LogP contribution >= 0.6 is 11.3 Å². The summed E-state index contributed by atoms with van der Waals surface area (Å²) >= 11 is 1.29. The normalized spacial score (nSPS) is 10.9. The molecule has 2 heterocycles. The van der Waals surface area contributed by atoms with Gasteiger partial charge in [-0.1, -0.05) is 11.3 Å². The first-order valence-electron chi connectivity index (χ1n) is 9.65. The van der Waals surface area contributed by atoms with E-state index >= 15 is 0 Å². The standard InChI is InChI=1S/C22H21FN4O3S/c1-29-18-7-4-15(12-19(18)30-2)21(28)27(10-3-9-26-11-8-24-14-26)22-25-17-6-5-16(23)13-20(17)31-22/h4-8,11-14H,3,9-10H2,1-2H3. The van der Waals surface area contributed by atoms with Gasteiger partial charge in [0.15, 0.2) is 16.6 Å². The number of nitrogens with zero attached hydrogens (tertiary/aromatic N) is 4. The Morgan fingerprint density at radius 2 is 2.00 bits per heavy atom. The predicted molar refractivity (Wildman–Crippen MR) is 118 cm³/mol. The third kappa shape index (κ3) is 4.51. The number of carbonyl (C=O) groups excluding carboxylic acids is 1. The molecule has 0 fully saturated rings. The summed E-state index contributed by atoms with van der Waals surface area (Å²) in [6, 6.07) is 9.46. The molecule has 0 aliphatic heterocycles. The largest absolute Gasteiger partial charge is 0.493 e. The number of aromatic nitrogens is 3. The zero-order valence-corrected chi connectivity index (χ0v) is 17.9. The predicted octanol–water partition coefficient (Wildman–Crippen LogP) is 4.39. The fourth-order valence-corrected chi connectivity index (χ4v) is 4.26. The summed E-state index contributed by atoms with van der Waals surface area (Å²) < 4.78 is 26.9. The maximum absolute atomic E-state index is 13.6. The SMILES string of the molecule is COc1ccc(C(=O)N(CCCn2ccnc2)c2nc3ccc(F)cc3s2)cc1OC. The zero-order chi connectivity index (χ0) is 21.8. The molecule has 0 N–H and O–H groups in total. The van der Waals surface area contributed by atoms with Crippen LogP contribution in [0.25, 0.3) is 10.2 Å². The van der Waals surface area contributed by atoms with Crippen LogP contribution in [0.3, 0.4) is 0 Å². The van der Waals surface area contributed by atoms with Crippen molar-refractivity contribution in [1.29, 1.82) is 0 Å². The first-order chi connectivity index (χ1) is 15.1. The first-order valence-corrected chi connectivity index (χ1v) is 10.5. The van der Waals surface area contributed by atoms with Crippen LogP contribution in [0, 0.1) is 5.82 Å². The average molecular weight is 441 g/mol. The third-order valence-electron chi connectivity index (χ3n) is 4.80. The van der Waals surface area contributed by atoms with E-state index in [0.717, 1.165) is 0 Å². The molecule has 0 bridgehead atoms. The molecule has 4 aromatic rings. The average Bonchev–Trinajstić information content (AvgIpc) is 3.45. The number of imidazole rings is 1. The maximum atomic E-state index is 13.6. The van der Waals surface area contributed by atoms with Gasteiger partial charge in [-0.2, -0.15) is 0 Å². The van der Waals surface area contributed by atoms with Gasteiger partial charge in [0.1, 0.15) is 5.82 Å². The molecule has 0 aliphatic rings. The summed E-state index contributed by atoms with van der Waals surface area (Å²) in [7, 11) is 3.07. The smallest absolute Gasteiger partial charge is 0.260 e. The molecule has 0 spiro atoms. The number of carbonyl (C=O) groups is 1. The molecule has 31 heavy (non-hydrogen) atoms. The fourth-order valence-electron chi connectivity index (χ4n) is 3.24. The Morgan fingerprint density at radius 1 is 1.16 bits per heavy atom. The quantitative estimate of drug-likeness (QED) is 0.407. The van der Waals surface area contributed by atoms with Gasteiger partial charge in [0.05, 0.1) is 30.8 Å². The number of thiazole rings is 1. The Bertz CT molecular complexity index is 1190. The van der Waals surface area contributed by atoms with E-state index in [-0.39, 0.29) is 11.7 Å². The van der Waals surface area contributed by atoms with Crippen LogP contribution in [0.2, 0.25) is 0 Å². The Labute approximate surface area is 182 Å². The van der Waals surface area contributed by atoms with E-state index in [4.69, 9.17) is 9.47 Å². The van der Waals surface area contributed by atoms with E-state index in [1.165, 1.54) is 30.6 Å². The van der Waals surface area contributed by atoms with Gasteiger partial charge in [-0.05, 0) is 42.8 Å². The Kier molecular flexibility index (Phi) is 6.13. The van der Waals surface area contributed by atoms with Gasteiger partial charge in [-0.15, -0.1) is 0 Å². The van der Waals surface area contributed by atoms with Crippen molar-refractivity contribution in [3.63, 3.8) is 0 Å². The van der Waals surface area contributed by atoms with Gasteiger partial charge in [0, 0.05) is 31.0 Å². The number of fused-ring (bicyclic) bond motifs is 1. The van der Waals surface area contributed by atoms with Crippen LogP contribution in [0.15, 0.2) is 55.1 Å². The van der Waals surface area contributed by atoms with E-state index < -0.39 is 0 Å². The van der Waals surface area contributed by atoms with Crippen molar-refractivity contribution in [2.24, 2.45) is 0 Å². The van der Waals surface area contributed by atoms with Crippen molar-refractivity contribution in [3.8, 4) is 11.5 Å². The molecule has 0 saturated carbocycles. The van der Waals surface area contributed by atoms with Gasteiger partial charge in [-0.3, -0.25) is 9.69 Å². The van der Waals surface area contributed by atoms with E-state index in [1.807, 2.05) is 10.8 Å². The molecule has 0 radical (unpaired) electrons. The summed E-state index contributed by atoms with van der Waals surface area (Å²) in [5.74, 6) is 0.464. The molecule has 160 valence electrons. The van der Waals surface area contributed by atoms with Crippen LogP contribution in [-0.2, 0) is 6.54 Å². The first kappa shape index (κ1) is 20.8. The van der Waals surface area contributed by atoms with Gasteiger partial charge < -0.3 is 14.0 Å². The number of halogens is 1. The molecule has 2 aromatic carbocycles. The Hall–Kier alpha value is -3.46. The molecule has 0 atom stereocenters. The molecule has 0 saturated heterocycles. The van der Waals surface area contributed by atoms with Crippen LogP contribution < -0.4 is 14.4 Å². The molecule has 0 unspecified atom stereocenters. The Balaban J connectivity index is 1.65. The van der Waals surface area contributed by atoms with Crippen molar-refractivity contribution < 1.29 is 18.7 Å². The lowest BCUT2D eigenvalue weighted by atomic mass is 10.1. The number of amides is 1. The third-order valence-corrected chi connectivity index (χ3v) is 5.84. The molecule has 7 nitrogen and oxygen atoms in total. The number of anilines is 1. The summed E-state index contributed by atoms with van der Waals surface area (Å²) in [4.78, 5) is 23.7. The highest BCUT2D eigenvalue weighted by atomic mass is 32.1. The van der Waals surface area contributed by atoms with Gasteiger partial charge in [-0.25, -0.2) is 14.4 Å². The zero-order valence-electron chi connectivity index (χ0n) is 17.1. The summed E-state index contributed by atoms with van der Waals surface area (Å²) in [6.07, 6.45) is 6.02. The van der Waals surface area contributed by atoms with E-state index in [9.17, 15) is 9.18 Å². The molecular weight excluding hydrogens is 419 g/mol. The van der Waals surface area contributed by atoms with Crippen molar-refractivity contribution in [2.45, 2.75) is 13.0 Å². The molecule has 0 aliphatic carbocycles. The van der Waals surface area contributed by atoms with Crippen molar-refractivity contribution in [3.05, 3.63) is 66.5 Å². The second kappa shape index (κ2) is 9.13. The van der Waals surface area contributed by atoms with Gasteiger partial charge >= 0.3 is 0 Å². The minimum Gasteiger partial charge on any atom is -0.493 e. The van der Waals surface area contributed by atoms with Crippen molar-refractivity contribution in [2.75, 3.05) is 25.7 Å². The van der Waals surface area contributed by atoms with Gasteiger partial charge in [0.25, 0.3) is 5.91 Å². The van der Waals surface area contributed by atoms with Crippen molar-refractivity contribution in [1.82, 2.24) is 14.5 Å². The van der Waals surface area contributed by atoms with Gasteiger partial charge in [0.2, 0.25) is 0 Å². The second-order valence-corrected chi connectivity index (χ2v) is 7.80. The fraction of sp³-hybridized carbons (Fsp3) is 0.227. The molecule has 4 rings (SSSR count). The van der Waals surface area contributed by atoms with E-state index in [1.54, 1.807) is 48.8 Å². The number of hydrogen-bond acceptors (Lipinski definition) is 6. The summed E-state index contributed by atoms with van der Waals surface area (Å²) in [5, 5.41) is 0.519. The lowest BCUT2D eigenvalue weighted by Crippen LogP contribution is -2.32. The minimum atomic E-state index is -0.333. The number of hydrogen-bond donors (Lipinski definition) is 0. The van der Waals surface area contributed by atoms with Crippen LogP contribution in [0.1, 0.15) is 16.8 Å². The van der Waals surface area contributed by atoms with E-state index in [0.29, 0.717) is 51.9 Å². The number of methoxy groups -OCH3 is 2. The molecule has 2 aromatic heterocycles. The summed E-state index contributed by atoms with van der Waals surface area (Å²) in [5.41, 5.74) is 1.10. The second-order valence-electron chi connectivity index (χ2n) is 6.79. The highest BCUT2D eigenvalue weighted by Crippen LogP contribution is 2.32. The number of aryl methyl sites for hydroxylation is 1. The van der Waals surface area contributed by atoms with Crippen LogP contribution in [0.5, 0.6) is 11.5 Å². The van der Waals surface area contributed by atoms with E-state index in [2.05, 4.69) is 9.97 Å². The highest BCUT2D eigenvalue weighted by molar-refractivity contribution is 7.22. The van der Waals surface area contributed by atoms with Crippen molar-refractivity contribution >= 4 is 32.6 Å². The lowest BCUT2D eigenvalue weighted by molar-refractivity contribution is 0.0986.